The predicted octanol–water partition coefficient (Wildman–Crippen LogP) is 0.0971. The molecule has 1 aromatic rings. The SMILES string of the molecule is O=C([O][BiH2])c1ccccc1O. The normalized spacial score (nSPS) is 9.18. The van der Waals surface area contributed by atoms with E-state index < -0.39 is 5.97 Å². The zero-order valence-corrected chi connectivity index (χ0v) is 10.1. The Kier molecular flexibility index (Phi) is 2.83. The molecule has 0 unspecified atom stereocenters. The molecule has 0 saturated heterocycles. The molecule has 0 atom stereocenters. The van der Waals surface area contributed by atoms with Gasteiger partial charge in [-0.15, -0.1) is 0 Å². The van der Waals surface area contributed by atoms with E-state index in [-0.39, 0.29) is 36.5 Å². The van der Waals surface area contributed by atoms with Gasteiger partial charge in [-0.25, -0.2) is 0 Å². The Labute approximate surface area is 79.5 Å². The molecule has 0 heterocycles. The topological polar surface area (TPSA) is 46.5 Å². The molecule has 0 radical (unpaired) electrons. The number of phenols is 1. The van der Waals surface area contributed by atoms with Crippen molar-refractivity contribution in [3.8, 4) is 5.75 Å². The van der Waals surface area contributed by atoms with E-state index in [4.69, 9.17) is 5.11 Å². The van der Waals surface area contributed by atoms with Gasteiger partial charge in [-0.3, -0.25) is 0 Å². The number of para-hydroxylation sites is 1. The first kappa shape index (κ1) is 8.47. The van der Waals surface area contributed by atoms with E-state index in [1.165, 1.54) is 12.1 Å². The summed E-state index contributed by atoms with van der Waals surface area (Å²) in [5.41, 5.74) is 0.231. The van der Waals surface area contributed by atoms with Crippen LogP contribution in [0.5, 0.6) is 5.75 Å². The van der Waals surface area contributed by atoms with Gasteiger partial charge < -0.3 is 0 Å². The molecule has 58 valence electrons. The molecule has 0 spiro atoms. The third-order valence-electron chi connectivity index (χ3n) is 1.23. The van der Waals surface area contributed by atoms with Crippen LogP contribution >= 0.6 is 0 Å². The van der Waals surface area contributed by atoms with Crippen LogP contribution in [0, 0.1) is 0 Å². The number of hydrogen-bond acceptors (Lipinski definition) is 3. The molecule has 0 aromatic heterocycles. The van der Waals surface area contributed by atoms with Gasteiger partial charge >= 0.3 is 79.4 Å². The van der Waals surface area contributed by atoms with Crippen molar-refractivity contribution in [2.45, 2.75) is 0 Å². The Morgan fingerprint density at radius 3 is 2.64 bits per heavy atom. The van der Waals surface area contributed by atoms with E-state index in [9.17, 15) is 4.79 Å². The fourth-order valence-corrected chi connectivity index (χ4v) is 1.20. The van der Waals surface area contributed by atoms with Crippen molar-refractivity contribution in [2.75, 3.05) is 0 Å². The van der Waals surface area contributed by atoms with Gasteiger partial charge in [0.05, 0.1) is 0 Å². The van der Waals surface area contributed by atoms with Crippen LogP contribution in [0.3, 0.4) is 0 Å². The summed E-state index contributed by atoms with van der Waals surface area (Å²) >= 11 is 0.159. The fraction of sp³-hybridized carbons (Fsp3) is 0. The Morgan fingerprint density at radius 2 is 2.09 bits per heavy atom. The van der Waals surface area contributed by atoms with E-state index in [0.717, 1.165) is 0 Å². The van der Waals surface area contributed by atoms with Crippen molar-refractivity contribution in [2.24, 2.45) is 0 Å². The Balaban J connectivity index is 3.03. The average molecular weight is 348 g/mol. The summed E-state index contributed by atoms with van der Waals surface area (Å²) < 4.78 is 4.58. The van der Waals surface area contributed by atoms with Crippen molar-refractivity contribution in [3.63, 3.8) is 0 Å². The Morgan fingerprint density at radius 1 is 1.45 bits per heavy atom. The van der Waals surface area contributed by atoms with E-state index in [2.05, 4.69) is 2.81 Å². The number of carbonyl (C=O) groups excluding carboxylic acids is 1. The van der Waals surface area contributed by atoms with Crippen molar-refractivity contribution in [1.82, 2.24) is 0 Å². The van der Waals surface area contributed by atoms with Crippen molar-refractivity contribution in [3.05, 3.63) is 29.8 Å². The second-order valence-corrected chi connectivity index (χ2v) is 2.84. The summed E-state index contributed by atoms with van der Waals surface area (Å²) in [6.07, 6.45) is 0. The fourth-order valence-electron chi connectivity index (χ4n) is 0.710. The van der Waals surface area contributed by atoms with Crippen LogP contribution in [0.1, 0.15) is 10.4 Å². The van der Waals surface area contributed by atoms with Gasteiger partial charge in [0, 0.05) is 0 Å². The van der Waals surface area contributed by atoms with Crippen LogP contribution in [0.25, 0.3) is 0 Å². The molecule has 0 aliphatic carbocycles. The van der Waals surface area contributed by atoms with Crippen LogP contribution in [-0.4, -0.2) is 36.2 Å². The quantitative estimate of drug-likeness (QED) is 0.733. The molecule has 0 aliphatic rings. The molecule has 0 fully saturated rings. The molecule has 0 amide bonds. The van der Waals surface area contributed by atoms with Gasteiger partial charge in [-0.1, -0.05) is 0 Å². The summed E-state index contributed by atoms with van der Waals surface area (Å²) in [6.45, 7) is 0. The van der Waals surface area contributed by atoms with E-state index in [1.54, 1.807) is 12.1 Å². The number of benzene rings is 1. The number of carbonyl (C=O) groups is 1. The molecule has 0 saturated carbocycles. The van der Waals surface area contributed by atoms with Crippen LogP contribution < -0.4 is 0 Å². The van der Waals surface area contributed by atoms with Gasteiger partial charge in [-0.05, 0) is 0 Å². The van der Waals surface area contributed by atoms with Crippen LogP contribution in [0.15, 0.2) is 24.3 Å². The molecule has 0 aliphatic heterocycles. The second-order valence-electron chi connectivity index (χ2n) is 1.92. The van der Waals surface area contributed by atoms with Gasteiger partial charge in [0.1, 0.15) is 0 Å². The second kappa shape index (κ2) is 3.67. The van der Waals surface area contributed by atoms with Gasteiger partial charge in [-0.2, -0.15) is 0 Å². The molecule has 1 N–H and O–H groups in total. The minimum absolute atomic E-state index is 0.0295. The summed E-state index contributed by atoms with van der Waals surface area (Å²) in [5, 5.41) is 9.13. The number of phenolic OH excluding ortho intramolecular Hbond substituents is 1. The first-order valence-electron chi connectivity index (χ1n) is 2.94. The summed E-state index contributed by atoms with van der Waals surface area (Å²) in [7, 11) is 0. The zero-order valence-electron chi connectivity index (χ0n) is 5.65. The third-order valence-corrected chi connectivity index (χ3v) is 2.06. The summed E-state index contributed by atoms with van der Waals surface area (Å²) in [4.78, 5) is 10.9. The van der Waals surface area contributed by atoms with Crippen LogP contribution in [0.4, 0.5) is 0 Å². The Bertz CT molecular complexity index is 272. The first-order valence-corrected chi connectivity index (χ1v) is 4.78. The van der Waals surface area contributed by atoms with E-state index >= 15 is 0 Å². The predicted molar refractivity (Wildman–Crippen MR) is 42.1 cm³/mol. The van der Waals surface area contributed by atoms with Crippen LogP contribution in [0.2, 0.25) is 0 Å². The molecule has 4 heteroatoms. The molecule has 11 heavy (non-hydrogen) atoms. The summed E-state index contributed by atoms with van der Waals surface area (Å²) in [5.74, 6) is -0.480. The standard InChI is InChI=1S/C7H6O3.Bi.2H/c8-6-4-2-1-3-5(6)7(9)10;;;/h1-4,8H,(H,9,10);;;/q;+1;;/p-1. The summed E-state index contributed by atoms with van der Waals surface area (Å²) in [6, 6.07) is 6.31. The van der Waals surface area contributed by atoms with E-state index in [1.807, 2.05) is 0 Å². The van der Waals surface area contributed by atoms with Crippen molar-refractivity contribution in [1.29, 1.82) is 0 Å². The number of rotatable bonds is 1. The van der Waals surface area contributed by atoms with E-state index in [0.29, 0.717) is 0 Å². The van der Waals surface area contributed by atoms with Crippen molar-refractivity contribution >= 4 is 31.1 Å². The molecule has 1 rings (SSSR count). The number of aromatic hydroxyl groups is 1. The Hall–Kier alpha value is -0.627. The zero-order chi connectivity index (χ0) is 8.27. The number of hydrogen-bond donors (Lipinski definition) is 1. The average Bonchev–Trinajstić information content (AvgIpc) is 2.04. The maximum absolute atomic E-state index is 10.9. The molecule has 3 nitrogen and oxygen atoms in total. The monoisotopic (exact) mass is 348 g/mol. The maximum atomic E-state index is 10.9. The van der Waals surface area contributed by atoms with Crippen LogP contribution in [-0.2, 0) is 2.81 Å². The molecular formula is C7H7BiO3. The minimum atomic E-state index is -0.451. The van der Waals surface area contributed by atoms with Crippen molar-refractivity contribution < 1.29 is 12.7 Å². The third kappa shape index (κ3) is 1.90. The molecule has 1 aromatic carbocycles. The molecular weight excluding hydrogens is 341 g/mol. The van der Waals surface area contributed by atoms with Gasteiger partial charge in [0.25, 0.3) is 0 Å². The molecule has 0 bridgehead atoms. The van der Waals surface area contributed by atoms with Gasteiger partial charge in [0.2, 0.25) is 0 Å². The first-order chi connectivity index (χ1) is 5.25. The van der Waals surface area contributed by atoms with Gasteiger partial charge in [0.15, 0.2) is 0 Å².